The third-order valence-electron chi connectivity index (χ3n) is 6.71. The minimum atomic E-state index is -0.416. The highest BCUT2D eigenvalue weighted by molar-refractivity contribution is 5.66. The van der Waals surface area contributed by atoms with Crippen molar-refractivity contribution < 1.29 is 19.4 Å². The Balaban J connectivity index is 1.33. The van der Waals surface area contributed by atoms with Crippen molar-refractivity contribution in [3.63, 3.8) is 0 Å². The van der Waals surface area contributed by atoms with E-state index in [-0.39, 0.29) is 18.0 Å². The Morgan fingerprint density at radius 2 is 1.57 bits per heavy atom. The summed E-state index contributed by atoms with van der Waals surface area (Å²) in [7, 11) is 0. The molecule has 5 heteroatoms. The van der Waals surface area contributed by atoms with Gasteiger partial charge in [0.2, 0.25) is 0 Å². The Hall–Kier alpha value is -3.15. The molecule has 0 saturated carbocycles. The predicted octanol–water partition coefficient (Wildman–Crippen LogP) is 5.18. The van der Waals surface area contributed by atoms with Crippen LogP contribution in [0.2, 0.25) is 0 Å². The summed E-state index contributed by atoms with van der Waals surface area (Å²) >= 11 is 0. The number of piperidine rings is 1. The van der Waals surface area contributed by atoms with Crippen molar-refractivity contribution in [2.75, 3.05) is 31.2 Å². The number of carbonyl (C=O) groups is 1. The zero-order valence-corrected chi connectivity index (χ0v) is 20.4. The molecular weight excluding hydrogens is 438 g/mol. The maximum Gasteiger partial charge on any atom is 0.302 e. The molecule has 0 unspecified atom stereocenters. The van der Waals surface area contributed by atoms with Crippen molar-refractivity contribution >= 4 is 11.7 Å². The number of carbonyl (C=O) groups excluding carboxylic acids is 1. The second-order valence-corrected chi connectivity index (χ2v) is 9.14. The zero-order chi connectivity index (χ0) is 24.5. The highest BCUT2D eigenvalue weighted by atomic mass is 16.5. The maximum atomic E-state index is 11.1. The molecule has 3 aromatic carbocycles. The summed E-state index contributed by atoms with van der Waals surface area (Å²) in [5, 5.41) is 11.0. The largest absolute Gasteiger partial charge is 0.466 e. The van der Waals surface area contributed by atoms with Crippen molar-refractivity contribution in [3.05, 3.63) is 102 Å². The van der Waals surface area contributed by atoms with Crippen LogP contribution in [0.4, 0.5) is 5.69 Å². The molecular formula is C30H35NO4. The average Bonchev–Trinajstić information content (AvgIpc) is 2.88. The summed E-state index contributed by atoms with van der Waals surface area (Å²) in [4.78, 5) is 13.4. The third-order valence-corrected chi connectivity index (χ3v) is 6.71. The zero-order valence-electron chi connectivity index (χ0n) is 20.4. The molecule has 0 spiro atoms. The minimum absolute atomic E-state index is 0.112. The van der Waals surface area contributed by atoms with Gasteiger partial charge in [0, 0.05) is 38.7 Å². The standard InChI is InChI=1S/C30H35NO4/c1-23(32)34-20-17-24-10-8-9-15-28(24)31-19-16-25(29(33)22-31)18-21-35-30(26-11-4-2-5-12-26)27-13-6-3-7-14-27/h2-15,25,29-30,33H,16-22H2,1H3/t25-,29+/m1/s1. The first-order valence-electron chi connectivity index (χ1n) is 12.5. The molecule has 3 aromatic rings. The fourth-order valence-corrected chi connectivity index (χ4v) is 4.85. The number of aliphatic hydroxyl groups excluding tert-OH is 1. The lowest BCUT2D eigenvalue weighted by molar-refractivity contribution is -0.140. The first-order chi connectivity index (χ1) is 17.1. The van der Waals surface area contributed by atoms with E-state index < -0.39 is 6.10 Å². The number of para-hydroxylation sites is 1. The van der Waals surface area contributed by atoms with Gasteiger partial charge >= 0.3 is 5.97 Å². The van der Waals surface area contributed by atoms with Crippen LogP contribution in [-0.4, -0.2) is 43.5 Å². The van der Waals surface area contributed by atoms with Crippen molar-refractivity contribution in [3.8, 4) is 0 Å². The van der Waals surface area contributed by atoms with Gasteiger partial charge in [0.25, 0.3) is 0 Å². The van der Waals surface area contributed by atoms with E-state index in [1.54, 1.807) is 0 Å². The summed E-state index contributed by atoms with van der Waals surface area (Å²) in [5.74, 6) is -0.0608. The minimum Gasteiger partial charge on any atom is -0.466 e. The molecule has 0 aromatic heterocycles. The van der Waals surface area contributed by atoms with Gasteiger partial charge < -0.3 is 19.5 Å². The summed E-state index contributed by atoms with van der Waals surface area (Å²) < 4.78 is 11.5. The van der Waals surface area contributed by atoms with E-state index in [2.05, 4.69) is 41.3 Å². The highest BCUT2D eigenvalue weighted by Gasteiger charge is 2.29. The van der Waals surface area contributed by atoms with Crippen molar-refractivity contribution in [1.82, 2.24) is 0 Å². The molecule has 1 saturated heterocycles. The number of β-amino-alcohol motifs (C(OH)–C–C–N with tert-alkyl or cyclic N) is 1. The SMILES string of the molecule is CC(=O)OCCc1ccccc1N1CC[C@H](CCOC(c2ccccc2)c2ccccc2)[C@@H](O)C1. The third kappa shape index (κ3) is 6.93. The first kappa shape index (κ1) is 25.0. The Bertz CT molecular complexity index is 1020. The van der Waals surface area contributed by atoms with Crippen molar-refractivity contribution in [1.29, 1.82) is 0 Å². The monoisotopic (exact) mass is 473 g/mol. The van der Waals surface area contributed by atoms with Crippen molar-refractivity contribution in [2.45, 2.75) is 38.4 Å². The summed E-state index contributed by atoms with van der Waals surface area (Å²) in [6.45, 7) is 3.86. The molecule has 35 heavy (non-hydrogen) atoms. The Morgan fingerprint density at radius 1 is 0.943 bits per heavy atom. The number of esters is 1. The average molecular weight is 474 g/mol. The highest BCUT2D eigenvalue weighted by Crippen LogP contribution is 2.30. The van der Waals surface area contributed by atoms with Crippen LogP contribution < -0.4 is 4.90 Å². The van der Waals surface area contributed by atoms with Gasteiger partial charge in [-0.2, -0.15) is 0 Å². The molecule has 0 bridgehead atoms. The summed E-state index contributed by atoms with van der Waals surface area (Å²) in [6.07, 6.45) is 1.86. The molecule has 1 fully saturated rings. The lowest BCUT2D eigenvalue weighted by Gasteiger charge is -2.38. The van der Waals surface area contributed by atoms with Crippen LogP contribution in [0.25, 0.3) is 0 Å². The molecule has 0 amide bonds. The molecule has 2 atom stereocenters. The Morgan fingerprint density at radius 3 is 2.20 bits per heavy atom. The van der Waals surface area contributed by atoms with Crippen LogP contribution in [0, 0.1) is 5.92 Å². The number of nitrogens with zero attached hydrogens (tertiary/aromatic N) is 1. The number of rotatable bonds is 10. The summed E-state index contributed by atoms with van der Waals surface area (Å²) in [6, 6.07) is 28.8. The van der Waals surface area contributed by atoms with Crippen LogP contribution in [0.15, 0.2) is 84.9 Å². The van der Waals surface area contributed by atoms with Crippen LogP contribution >= 0.6 is 0 Å². The lowest BCUT2D eigenvalue weighted by Crippen LogP contribution is -2.44. The van der Waals surface area contributed by atoms with E-state index in [4.69, 9.17) is 9.47 Å². The predicted molar refractivity (Wildman–Crippen MR) is 138 cm³/mol. The van der Waals surface area contributed by atoms with Crippen molar-refractivity contribution in [2.24, 2.45) is 5.92 Å². The number of ether oxygens (including phenoxy) is 2. The smallest absolute Gasteiger partial charge is 0.302 e. The van der Waals surface area contributed by atoms with E-state index in [0.29, 0.717) is 26.2 Å². The molecule has 1 N–H and O–H groups in total. The molecule has 4 rings (SSSR count). The molecule has 1 aliphatic rings. The molecule has 0 radical (unpaired) electrons. The number of hydrogen-bond acceptors (Lipinski definition) is 5. The second-order valence-electron chi connectivity index (χ2n) is 9.14. The van der Waals surface area contributed by atoms with E-state index in [1.165, 1.54) is 6.92 Å². The normalized spacial score (nSPS) is 18.0. The fraction of sp³-hybridized carbons (Fsp3) is 0.367. The molecule has 0 aliphatic carbocycles. The van der Waals surface area contributed by atoms with Crippen LogP contribution in [0.1, 0.15) is 42.6 Å². The second kappa shape index (κ2) is 12.5. The fourth-order valence-electron chi connectivity index (χ4n) is 4.85. The van der Waals surface area contributed by atoms with Gasteiger partial charge in [-0.05, 0) is 41.5 Å². The number of hydrogen-bond donors (Lipinski definition) is 1. The van der Waals surface area contributed by atoms with Gasteiger partial charge in [-0.1, -0.05) is 78.9 Å². The number of benzene rings is 3. The number of aliphatic hydroxyl groups is 1. The topological polar surface area (TPSA) is 59.0 Å². The van der Waals surface area contributed by atoms with E-state index in [9.17, 15) is 9.90 Å². The van der Waals surface area contributed by atoms with E-state index >= 15 is 0 Å². The Labute approximate surface area is 208 Å². The molecule has 5 nitrogen and oxygen atoms in total. The van der Waals surface area contributed by atoms with Gasteiger partial charge in [-0.15, -0.1) is 0 Å². The number of anilines is 1. The van der Waals surface area contributed by atoms with Gasteiger partial charge in [-0.25, -0.2) is 0 Å². The first-order valence-corrected chi connectivity index (χ1v) is 12.5. The molecule has 1 aliphatic heterocycles. The van der Waals surface area contributed by atoms with Crippen LogP contribution in [-0.2, 0) is 20.7 Å². The van der Waals surface area contributed by atoms with Gasteiger partial charge in [0.15, 0.2) is 0 Å². The Kier molecular flexibility index (Phi) is 8.93. The van der Waals surface area contributed by atoms with Gasteiger partial charge in [0.05, 0.1) is 12.7 Å². The lowest BCUT2D eigenvalue weighted by atomic mass is 9.90. The molecule has 1 heterocycles. The van der Waals surface area contributed by atoms with Crippen LogP contribution in [0.5, 0.6) is 0 Å². The molecule has 184 valence electrons. The van der Waals surface area contributed by atoms with Crippen LogP contribution in [0.3, 0.4) is 0 Å². The van der Waals surface area contributed by atoms with E-state index in [0.717, 1.165) is 41.8 Å². The van der Waals surface area contributed by atoms with Gasteiger partial charge in [-0.3, -0.25) is 4.79 Å². The quantitative estimate of drug-likeness (QED) is 0.412. The maximum absolute atomic E-state index is 11.1. The van der Waals surface area contributed by atoms with E-state index in [1.807, 2.05) is 48.5 Å². The van der Waals surface area contributed by atoms with Gasteiger partial charge in [0.1, 0.15) is 6.10 Å². The summed E-state index contributed by atoms with van der Waals surface area (Å²) in [5.41, 5.74) is 4.52.